The Morgan fingerprint density at radius 1 is 1.00 bits per heavy atom. The van der Waals surface area contributed by atoms with Crippen molar-refractivity contribution < 1.29 is 9.47 Å². The van der Waals surface area contributed by atoms with Gasteiger partial charge in [-0.25, -0.2) is 0 Å². The summed E-state index contributed by atoms with van der Waals surface area (Å²) in [7, 11) is 1.65. The van der Waals surface area contributed by atoms with Crippen LogP contribution < -0.4 is 14.8 Å². The summed E-state index contributed by atoms with van der Waals surface area (Å²) in [6.45, 7) is 0.916. The van der Waals surface area contributed by atoms with Crippen molar-refractivity contribution in [3.63, 3.8) is 0 Å². The molecule has 3 aromatic rings. The van der Waals surface area contributed by atoms with Crippen LogP contribution in [0, 0.1) is 0 Å². The Bertz CT molecular complexity index is 978. The lowest BCUT2D eigenvalue weighted by atomic mass is 10.1. The smallest absolute Gasteiger partial charge is 0.129 e. The molecule has 0 fully saturated rings. The lowest BCUT2D eigenvalue weighted by Gasteiger charge is -2.14. The van der Waals surface area contributed by atoms with Gasteiger partial charge in [0, 0.05) is 22.2 Å². The van der Waals surface area contributed by atoms with E-state index in [9.17, 15) is 0 Å². The molecule has 0 aliphatic heterocycles. The van der Waals surface area contributed by atoms with E-state index in [1.807, 2.05) is 54.6 Å². The standard InChI is InChI=1S/C22H19Cl2NO2S/c1-26-18-6-4-5-15(11-18)13-25-22(28)19-7-2-3-8-21(19)27-14-16-9-10-17(23)12-20(16)24/h2-12H,13-14H2,1H3,(H,25,28). The first-order valence-corrected chi connectivity index (χ1v) is 9.80. The number of hydrogen-bond donors (Lipinski definition) is 1. The lowest BCUT2D eigenvalue weighted by Crippen LogP contribution is -2.22. The molecule has 3 aromatic carbocycles. The molecular weight excluding hydrogens is 413 g/mol. The van der Waals surface area contributed by atoms with Gasteiger partial charge >= 0.3 is 0 Å². The number of thiocarbonyl (C=S) groups is 1. The minimum Gasteiger partial charge on any atom is -0.497 e. The van der Waals surface area contributed by atoms with E-state index in [-0.39, 0.29) is 0 Å². The Morgan fingerprint density at radius 3 is 2.61 bits per heavy atom. The second-order valence-electron chi connectivity index (χ2n) is 6.05. The van der Waals surface area contributed by atoms with Crippen molar-refractivity contribution in [3.05, 3.63) is 93.5 Å². The Labute approximate surface area is 180 Å². The maximum atomic E-state index is 6.23. The van der Waals surface area contributed by atoms with Crippen molar-refractivity contribution in [1.29, 1.82) is 0 Å². The van der Waals surface area contributed by atoms with Gasteiger partial charge < -0.3 is 14.8 Å². The third-order valence-corrected chi connectivity index (χ3v) is 5.07. The molecular formula is C22H19Cl2NO2S. The Balaban J connectivity index is 1.67. The number of nitrogens with one attached hydrogen (secondary N) is 1. The molecule has 3 nitrogen and oxygen atoms in total. The highest BCUT2D eigenvalue weighted by Gasteiger charge is 2.10. The second-order valence-corrected chi connectivity index (χ2v) is 7.31. The average Bonchev–Trinajstić information content (AvgIpc) is 2.72. The minimum atomic E-state index is 0.325. The quantitative estimate of drug-likeness (QED) is 0.461. The molecule has 0 unspecified atom stereocenters. The van der Waals surface area contributed by atoms with Crippen LogP contribution in [0.5, 0.6) is 11.5 Å². The van der Waals surface area contributed by atoms with Gasteiger partial charge in [0.1, 0.15) is 23.1 Å². The van der Waals surface area contributed by atoms with Crippen molar-refractivity contribution in [1.82, 2.24) is 5.32 Å². The molecule has 6 heteroatoms. The van der Waals surface area contributed by atoms with E-state index >= 15 is 0 Å². The predicted molar refractivity (Wildman–Crippen MR) is 119 cm³/mol. The first-order valence-electron chi connectivity index (χ1n) is 8.63. The van der Waals surface area contributed by atoms with Crippen LogP contribution >= 0.6 is 35.4 Å². The molecule has 0 atom stereocenters. The molecule has 0 aliphatic rings. The van der Waals surface area contributed by atoms with Crippen LogP contribution in [0.4, 0.5) is 0 Å². The summed E-state index contributed by atoms with van der Waals surface area (Å²) in [6.07, 6.45) is 0. The molecule has 0 spiro atoms. The highest BCUT2D eigenvalue weighted by Crippen LogP contribution is 2.25. The monoisotopic (exact) mass is 431 g/mol. The summed E-state index contributed by atoms with van der Waals surface area (Å²) in [4.78, 5) is 0.612. The van der Waals surface area contributed by atoms with Crippen molar-refractivity contribution in [2.45, 2.75) is 13.2 Å². The Morgan fingerprint density at radius 2 is 1.82 bits per heavy atom. The maximum absolute atomic E-state index is 6.23. The van der Waals surface area contributed by atoms with Gasteiger partial charge in [-0.2, -0.15) is 0 Å². The first kappa shape index (κ1) is 20.5. The van der Waals surface area contributed by atoms with Crippen molar-refractivity contribution in [2.75, 3.05) is 7.11 Å². The summed E-state index contributed by atoms with van der Waals surface area (Å²) < 4.78 is 11.2. The summed E-state index contributed by atoms with van der Waals surface area (Å²) in [6, 6.07) is 20.9. The number of halogens is 2. The van der Waals surface area contributed by atoms with Gasteiger partial charge in [-0.1, -0.05) is 65.8 Å². The molecule has 28 heavy (non-hydrogen) atoms. The largest absolute Gasteiger partial charge is 0.497 e. The summed E-state index contributed by atoms with van der Waals surface area (Å²) in [5.41, 5.74) is 2.76. The fourth-order valence-corrected chi connectivity index (χ4v) is 3.34. The van der Waals surface area contributed by atoms with E-state index in [1.165, 1.54) is 0 Å². The van der Waals surface area contributed by atoms with Gasteiger partial charge in [-0.05, 0) is 42.0 Å². The van der Waals surface area contributed by atoms with Gasteiger partial charge in [0.25, 0.3) is 0 Å². The summed E-state index contributed by atoms with van der Waals surface area (Å²) in [5.74, 6) is 1.51. The molecule has 0 saturated heterocycles. The highest BCUT2D eigenvalue weighted by molar-refractivity contribution is 7.80. The van der Waals surface area contributed by atoms with E-state index in [1.54, 1.807) is 19.2 Å². The second kappa shape index (κ2) is 9.78. The van der Waals surface area contributed by atoms with Gasteiger partial charge in [-0.15, -0.1) is 0 Å². The van der Waals surface area contributed by atoms with Crippen LogP contribution in [0.2, 0.25) is 10.0 Å². The van der Waals surface area contributed by atoms with E-state index in [4.69, 9.17) is 44.9 Å². The molecule has 3 rings (SSSR count). The normalized spacial score (nSPS) is 10.4. The number of para-hydroxylation sites is 1. The number of ether oxygens (including phenoxy) is 2. The fraction of sp³-hybridized carbons (Fsp3) is 0.136. The number of rotatable bonds is 7. The molecule has 0 saturated carbocycles. The molecule has 1 N–H and O–H groups in total. The SMILES string of the molecule is COc1cccc(CNC(=S)c2ccccc2OCc2ccc(Cl)cc2Cl)c1. The highest BCUT2D eigenvalue weighted by atomic mass is 35.5. The molecule has 0 bridgehead atoms. The molecule has 0 radical (unpaired) electrons. The van der Waals surface area contributed by atoms with E-state index in [0.717, 1.165) is 22.4 Å². The van der Waals surface area contributed by atoms with Crippen LogP contribution in [0.25, 0.3) is 0 Å². The molecule has 0 amide bonds. The third-order valence-electron chi connectivity index (χ3n) is 4.12. The van der Waals surface area contributed by atoms with Crippen molar-refractivity contribution in [2.24, 2.45) is 0 Å². The van der Waals surface area contributed by atoms with Crippen LogP contribution in [-0.4, -0.2) is 12.1 Å². The Kier molecular flexibility index (Phi) is 7.15. The topological polar surface area (TPSA) is 30.5 Å². The van der Waals surface area contributed by atoms with Gasteiger partial charge in [-0.3, -0.25) is 0 Å². The van der Waals surface area contributed by atoms with Crippen LogP contribution in [-0.2, 0) is 13.2 Å². The van der Waals surface area contributed by atoms with Crippen molar-refractivity contribution >= 4 is 40.4 Å². The van der Waals surface area contributed by atoms with Gasteiger partial charge in [0.15, 0.2) is 0 Å². The average molecular weight is 432 g/mol. The number of benzene rings is 3. The van der Waals surface area contributed by atoms with Crippen LogP contribution in [0.3, 0.4) is 0 Å². The summed E-state index contributed by atoms with van der Waals surface area (Å²) >= 11 is 17.8. The van der Waals surface area contributed by atoms with E-state index in [0.29, 0.717) is 33.9 Å². The maximum Gasteiger partial charge on any atom is 0.129 e. The fourth-order valence-electron chi connectivity index (χ4n) is 2.63. The third kappa shape index (κ3) is 5.38. The Hall–Kier alpha value is -2.27. The minimum absolute atomic E-state index is 0.325. The first-order chi connectivity index (χ1) is 13.6. The zero-order chi connectivity index (χ0) is 19.9. The van der Waals surface area contributed by atoms with Gasteiger partial charge in [0.2, 0.25) is 0 Å². The number of methoxy groups -OCH3 is 1. The molecule has 0 heterocycles. The van der Waals surface area contributed by atoms with Crippen molar-refractivity contribution in [3.8, 4) is 11.5 Å². The summed E-state index contributed by atoms with van der Waals surface area (Å²) in [5, 5.41) is 4.44. The zero-order valence-electron chi connectivity index (χ0n) is 15.2. The predicted octanol–water partition coefficient (Wildman–Crippen LogP) is 6.05. The van der Waals surface area contributed by atoms with E-state index in [2.05, 4.69) is 5.32 Å². The zero-order valence-corrected chi connectivity index (χ0v) is 17.6. The van der Waals surface area contributed by atoms with Crippen LogP contribution in [0.15, 0.2) is 66.7 Å². The number of hydrogen-bond acceptors (Lipinski definition) is 3. The molecule has 0 aromatic heterocycles. The lowest BCUT2D eigenvalue weighted by molar-refractivity contribution is 0.305. The van der Waals surface area contributed by atoms with E-state index < -0.39 is 0 Å². The van der Waals surface area contributed by atoms with Gasteiger partial charge in [0.05, 0.1) is 12.7 Å². The molecule has 0 aliphatic carbocycles. The molecule has 144 valence electrons. The van der Waals surface area contributed by atoms with Crippen LogP contribution in [0.1, 0.15) is 16.7 Å².